The first kappa shape index (κ1) is 14.4. The minimum atomic E-state index is -3.46. The maximum absolute atomic E-state index is 10.8. The number of rotatable bonds is 6. The summed E-state index contributed by atoms with van der Waals surface area (Å²) < 4.78 is 21.7. The molecule has 1 aromatic heterocycles. The quantitative estimate of drug-likeness (QED) is 0.819. The maximum Gasteiger partial charge on any atom is 0.210 e. The Hall–Kier alpha value is -1.99. The zero-order chi connectivity index (χ0) is 14.4. The Morgan fingerprint density at radius 3 is 2.60 bits per heavy atom. The van der Waals surface area contributed by atoms with E-state index in [1.807, 2.05) is 30.3 Å². The highest BCUT2D eigenvalue weighted by molar-refractivity contribution is 7.89. The van der Waals surface area contributed by atoms with Gasteiger partial charge in [-0.1, -0.05) is 30.3 Å². The Balaban J connectivity index is 1.97. The summed E-state index contributed by atoms with van der Waals surface area (Å²) in [6.45, 7) is 0.223. The van der Waals surface area contributed by atoms with Crippen molar-refractivity contribution >= 4 is 15.8 Å². The lowest BCUT2D eigenvalue weighted by Gasteiger charge is -2.06. The fourth-order valence-electron chi connectivity index (χ4n) is 1.68. The van der Waals surface area contributed by atoms with Crippen LogP contribution in [0.4, 0.5) is 5.82 Å². The van der Waals surface area contributed by atoms with E-state index in [4.69, 9.17) is 5.14 Å². The summed E-state index contributed by atoms with van der Waals surface area (Å²) in [7, 11) is -3.46. The molecule has 0 aliphatic rings. The third-order valence-electron chi connectivity index (χ3n) is 2.60. The molecule has 3 N–H and O–H groups in total. The summed E-state index contributed by atoms with van der Waals surface area (Å²) in [4.78, 5) is 8.53. The van der Waals surface area contributed by atoms with Crippen molar-refractivity contribution in [2.45, 2.75) is 6.42 Å². The van der Waals surface area contributed by atoms with Gasteiger partial charge in [-0.05, 0) is 11.6 Å². The van der Waals surface area contributed by atoms with Crippen LogP contribution in [0.25, 0.3) is 0 Å². The van der Waals surface area contributed by atoms with Gasteiger partial charge in [0.2, 0.25) is 10.0 Å². The molecule has 6 nitrogen and oxygen atoms in total. The van der Waals surface area contributed by atoms with E-state index in [1.165, 1.54) is 0 Å². The lowest BCUT2D eigenvalue weighted by Crippen LogP contribution is -2.22. The average molecular weight is 292 g/mol. The Kier molecular flexibility index (Phi) is 4.65. The van der Waals surface area contributed by atoms with Gasteiger partial charge < -0.3 is 5.32 Å². The standard InChI is InChI=1S/C13H16N4O2S/c14-20(18,19)9-8-16-12-6-7-15-13(17-12)10-11-4-2-1-3-5-11/h1-7H,8-10H2,(H2,14,18,19)(H,15,16,17). The molecule has 0 radical (unpaired) electrons. The number of hydrogen-bond donors (Lipinski definition) is 2. The van der Waals surface area contributed by atoms with Crippen LogP contribution in [0.15, 0.2) is 42.6 Å². The second kappa shape index (κ2) is 6.44. The Morgan fingerprint density at radius 1 is 1.15 bits per heavy atom. The molecule has 106 valence electrons. The summed E-state index contributed by atoms with van der Waals surface area (Å²) in [6, 6.07) is 11.6. The van der Waals surface area contributed by atoms with E-state index < -0.39 is 10.0 Å². The highest BCUT2D eigenvalue weighted by Gasteiger charge is 2.04. The lowest BCUT2D eigenvalue weighted by atomic mass is 10.1. The molecule has 0 saturated carbocycles. The second-order valence-electron chi connectivity index (χ2n) is 4.31. The summed E-state index contributed by atoms with van der Waals surface area (Å²) in [5.41, 5.74) is 1.12. The third kappa shape index (κ3) is 4.94. The number of nitrogens with zero attached hydrogens (tertiary/aromatic N) is 2. The molecule has 2 aromatic rings. The van der Waals surface area contributed by atoms with E-state index in [0.29, 0.717) is 18.1 Å². The van der Waals surface area contributed by atoms with E-state index >= 15 is 0 Å². The normalized spacial score (nSPS) is 11.2. The van der Waals surface area contributed by atoms with Gasteiger partial charge in [0, 0.05) is 19.2 Å². The van der Waals surface area contributed by atoms with Crippen LogP contribution in [-0.2, 0) is 16.4 Å². The molecule has 0 amide bonds. The number of anilines is 1. The van der Waals surface area contributed by atoms with Crippen LogP contribution in [0.3, 0.4) is 0 Å². The molecule has 0 spiro atoms. The van der Waals surface area contributed by atoms with E-state index in [1.54, 1.807) is 12.3 Å². The first-order valence-corrected chi connectivity index (χ1v) is 7.85. The van der Waals surface area contributed by atoms with Crippen LogP contribution < -0.4 is 10.5 Å². The number of hydrogen-bond acceptors (Lipinski definition) is 5. The van der Waals surface area contributed by atoms with E-state index in [-0.39, 0.29) is 12.3 Å². The number of nitrogens with one attached hydrogen (secondary N) is 1. The van der Waals surface area contributed by atoms with Crippen molar-refractivity contribution in [3.63, 3.8) is 0 Å². The molecular formula is C13H16N4O2S. The van der Waals surface area contributed by atoms with E-state index in [0.717, 1.165) is 5.56 Å². The van der Waals surface area contributed by atoms with E-state index in [9.17, 15) is 8.42 Å². The van der Waals surface area contributed by atoms with Crippen LogP contribution in [-0.4, -0.2) is 30.7 Å². The Labute approximate surface area is 118 Å². The Bertz CT molecular complexity index is 659. The number of benzene rings is 1. The predicted octanol–water partition coefficient (Wildman–Crippen LogP) is 0.768. The molecule has 2 rings (SSSR count). The van der Waals surface area contributed by atoms with Crippen LogP contribution in [0.1, 0.15) is 11.4 Å². The zero-order valence-electron chi connectivity index (χ0n) is 10.9. The van der Waals surface area contributed by atoms with Crippen molar-refractivity contribution in [1.82, 2.24) is 9.97 Å². The largest absolute Gasteiger partial charge is 0.369 e. The molecule has 20 heavy (non-hydrogen) atoms. The van der Waals surface area contributed by atoms with Crippen molar-refractivity contribution in [3.8, 4) is 0 Å². The molecule has 1 aromatic carbocycles. The smallest absolute Gasteiger partial charge is 0.210 e. The molecule has 0 fully saturated rings. The SMILES string of the molecule is NS(=O)(=O)CCNc1ccnc(Cc2ccccc2)n1. The lowest BCUT2D eigenvalue weighted by molar-refractivity contribution is 0.598. The van der Waals surface area contributed by atoms with Gasteiger partial charge >= 0.3 is 0 Å². The maximum atomic E-state index is 10.8. The summed E-state index contributed by atoms with van der Waals surface area (Å²) in [5, 5.41) is 7.85. The first-order chi connectivity index (χ1) is 9.53. The predicted molar refractivity (Wildman–Crippen MR) is 77.7 cm³/mol. The van der Waals surface area contributed by atoms with Crippen LogP contribution in [0.2, 0.25) is 0 Å². The fraction of sp³-hybridized carbons (Fsp3) is 0.231. The number of sulfonamides is 1. The molecule has 0 saturated heterocycles. The first-order valence-electron chi connectivity index (χ1n) is 6.13. The van der Waals surface area contributed by atoms with Crippen LogP contribution >= 0.6 is 0 Å². The molecule has 0 aliphatic carbocycles. The molecule has 0 bridgehead atoms. The number of aromatic nitrogens is 2. The molecule has 0 unspecified atom stereocenters. The third-order valence-corrected chi connectivity index (χ3v) is 3.38. The van der Waals surface area contributed by atoms with Gasteiger partial charge in [-0.25, -0.2) is 23.5 Å². The van der Waals surface area contributed by atoms with Gasteiger partial charge in [0.05, 0.1) is 5.75 Å². The molecule has 1 heterocycles. The minimum absolute atomic E-state index is 0.134. The number of nitrogens with two attached hydrogens (primary N) is 1. The van der Waals surface area contributed by atoms with Gasteiger partial charge in [0.1, 0.15) is 11.6 Å². The van der Waals surface area contributed by atoms with Crippen molar-refractivity contribution in [2.24, 2.45) is 5.14 Å². The van der Waals surface area contributed by atoms with Crippen LogP contribution in [0, 0.1) is 0 Å². The van der Waals surface area contributed by atoms with Gasteiger partial charge in [-0.15, -0.1) is 0 Å². The van der Waals surface area contributed by atoms with Crippen molar-refractivity contribution in [2.75, 3.05) is 17.6 Å². The molecule has 0 atom stereocenters. The Morgan fingerprint density at radius 2 is 1.90 bits per heavy atom. The van der Waals surface area contributed by atoms with Gasteiger partial charge in [0.25, 0.3) is 0 Å². The van der Waals surface area contributed by atoms with E-state index in [2.05, 4.69) is 15.3 Å². The summed E-state index contributed by atoms with van der Waals surface area (Å²) in [5.74, 6) is 1.14. The zero-order valence-corrected chi connectivity index (χ0v) is 11.7. The van der Waals surface area contributed by atoms with Crippen molar-refractivity contribution in [1.29, 1.82) is 0 Å². The second-order valence-corrected chi connectivity index (χ2v) is 6.05. The minimum Gasteiger partial charge on any atom is -0.369 e. The highest BCUT2D eigenvalue weighted by atomic mass is 32.2. The van der Waals surface area contributed by atoms with Gasteiger partial charge in [-0.3, -0.25) is 0 Å². The topological polar surface area (TPSA) is 98.0 Å². The number of primary sulfonamides is 1. The van der Waals surface area contributed by atoms with Crippen molar-refractivity contribution < 1.29 is 8.42 Å². The van der Waals surface area contributed by atoms with Crippen molar-refractivity contribution in [3.05, 3.63) is 54.0 Å². The fourth-order valence-corrected chi connectivity index (χ4v) is 2.07. The summed E-state index contributed by atoms with van der Waals surface area (Å²) in [6.07, 6.45) is 2.27. The molecule has 7 heteroatoms. The summed E-state index contributed by atoms with van der Waals surface area (Å²) >= 11 is 0. The molecular weight excluding hydrogens is 276 g/mol. The molecule has 0 aliphatic heterocycles. The van der Waals surface area contributed by atoms with Gasteiger partial charge in [0.15, 0.2) is 0 Å². The van der Waals surface area contributed by atoms with Crippen LogP contribution in [0.5, 0.6) is 0 Å². The highest BCUT2D eigenvalue weighted by Crippen LogP contribution is 2.07. The average Bonchev–Trinajstić information content (AvgIpc) is 2.39. The monoisotopic (exact) mass is 292 g/mol. The van der Waals surface area contributed by atoms with Gasteiger partial charge in [-0.2, -0.15) is 0 Å².